The number of hydrogen-bond acceptors (Lipinski definition) is 5. The maximum absolute atomic E-state index is 5.53. The molecule has 1 aromatic heterocycles. The van der Waals surface area contributed by atoms with Crippen LogP contribution in [0.1, 0.15) is 23.9 Å². The maximum Gasteiger partial charge on any atom is 0.147 e. The number of hydrogen-bond donors (Lipinski definition) is 1. The molecule has 0 amide bonds. The van der Waals surface area contributed by atoms with Crippen molar-refractivity contribution in [1.82, 2.24) is 15.5 Å². The van der Waals surface area contributed by atoms with Crippen LogP contribution < -0.4 is 10.1 Å². The Morgan fingerprint density at radius 3 is 3.15 bits per heavy atom. The molecule has 1 N–H and O–H groups in total. The molecular formula is C15H19N3OS. The molecule has 106 valence electrons. The number of benzene rings is 1. The third kappa shape index (κ3) is 2.99. The Labute approximate surface area is 123 Å². The van der Waals surface area contributed by atoms with Gasteiger partial charge in [0.05, 0.1) is 6.61 Å². The van der Waals surface area contributed by atoms with Gasteiger partial charge in [-0.15, -0.1) is 10.2 Å². The summed E-state index contributed by atoms with van der Waals surface area (Å²) in [6.07, 6.45) is 3.11. The van der Waals surface area contributed by atoms with Crippen molar-refractivity contribution in [2.24, 2.45) is 0 Å². The van der Waals surface area contributed by atoms with E-state index in [1.54, 1.807) is 11.3 Å². The molecule has 0 saturated carbocycles. The minimum Gasteiger partial charge on any atom is -0.493 e. The van der Waals surface area contributed by atoms with E-state index < -0.39 is 0 Å². The molecule has 0 aliphatic carbocycles. The molecule has 2 aromatic rings. The van der Waals surface area contributed by atoms with Gasteiger partial charge in [-0.1, -0.05) is 18.3 Å². The van der Waals surface area contributed by atoms with Gasteiger partial charge in [-0.05, 0) is 36.7 Å². The topological polar surface area (TPSA) is 47.0 Å². The lowest BCUT2D eigenvalue weighted by molar-refractivity contribution is 0.357. The lowest BCUT2D eigenvalue weighted by Crippen LogP contribution is -2.17. The monoisotopic (exact) mass is 289 g/mol. The van der Waals surface area contributed by atoms with Gasteiger partial charge in [0.25, 0.3) is 0 Å². The molecule has 0 radical (unpaired) electrons. The lowest BCUT2D eigenvalue weighted by Gasteiger charge is -2.00. The normalized spacial score (nSPS) is 13.2. The van der Waals surface area contributed by atoms with Crippen LogP contribution in [0.5, 0.6) is 5.75 Å². The Kier molecular flexibility index (Phi) is 4.28. The van der Waals surface area contributed by atoms with Crippen LogP contribution in [0.15, 0.2) is 18.2 Å². The molecule has 5 heteroatoms. The van der Waals surface area contributed by atoms with Gasteiger partial charge >= 0.3 is 0 Å². The van der Waals surface area contributed by atoms with Crippen molar-refractivity contribution in [3.63, 3.8) is 0 Å². The number of fused-ring (bicyclic) bond motifs is 1. The summed E-state index contributed by atoms with van der Waals surface area (Å²) in [4.78, 5) is 0. The standard InChI is InChI=1S/C15H19N3OS/c1-2-7-16-8-5-14-17-18-15(20-14)12-3-4-13-11(10-12)6-9-19-13/h3-4,10,16H,2,5-9H2,1H3. The van der Waals surface area contributed by atoms with Gasteiger partial charge in [-0.3, -0.25) is 0 Å². The third-order valence-electron chi connectivity index (χ3n) is 3.35. The van der Waals surface area contributed by atoms with E-state index in [9.17, 15) is 0 Å². The number of rotatable bonds is 6. The minimum absolute atomic E-state index is 0.795. The summed E-state index contributed by atoms with van der Waals surface area (Å²) in [5.74, 6) is 1.02. The number of ether oxygens (including phenoxy) is 1. The highest BCUT2D eigenvalue weighted by atomic mass is 32.1. The van der Waals surface area contributed by atoms with Crippen LogP contribution in [0.4, 0.5) is 0 Å². The molecule has 0 fully saturated rings. The average molecular weight is 289 g/mol. The average Bonchev–Trinajstić information content (AvgIpc) is 3.11. The van der Waals surface area contributed by atoms with E-state index in [0.29, 0.717) is 0 Å². The highest BCUT2D eigenvalue weighted by molar-refractivity contribution is 7.14. The van der Waals surface area contributed by atoms with Crippen LogP contribution in [-0.2, 0) is 12.8 Å². The molecule has 1 aliphatic heterocycles. The highest BCUT2D eigenvalue weighted by Crippen LogP contribution is 2.31. The molecule has 0 saturated heterocycles. The van der Waals surface area contributed by atoms with E-state index in [4.69, 9.17) is 4.74 Å². The Hall–Kier alpha value is -1.46. The molecule has 1 aromatic carbocycles. The van der Waals surface area contributed by atoms with E-state index in [-0.39, 0.29) is 0 Å². The Balaban J connectivity index is 1.67. The lowest BCUT2D eigenvalue weighted by atomic mass is 10.1. The molecular weight excluding hydrogens is 270 g/mol. The summed E-state index contributed by atoms with van der Waals surface area (Å²) in [5, 5.41) is 14.1. The molecule has 0 atom stereocenters. The predicted molar refractivity (Wildman–Crippen MR) is 81.4 cm³/mol. The summed E-state index contributed by atoms with van der Waals surface area (Å²) in [5.41, 5.74) is 2.43. The summed E-state index contributed by atoms with van der Waals surface area (Å²) in [6.45, 7) is 5.01. The van der Waals surface area contributed by atoms with Gasteiger partial charge in [0.1, 0.15) is 15.8 Å². The summed E-state index contributed by atoms with van der Waals surface area (Å²) in [7, 11) is 0. The van der Waals surface area contributed by atoms with Gasteiger partial charge in [0.15, 0.2) is 0 Å². The zero-order chi connectivity index (χ0) is 13.8. The first-order valence-electron chi connectivity index (χ1n) is 7.16. The Morgan fingerprint density at radius 2 is 2.25 bits per heavy atom. The molecule has 3 rings (SSSR count). The van der Waals surface area contributed by atoms with Gasteiger partial charge in [-0.2, -0.15) is 0 Å². The smallest absolute Gasteiger partial charge is 0.147 e. The fourth-order valence-electron chi connectivity index (χ4n) is 2.29. The predicted octanol–water partition coefficient (Wildman–Crippen LogP) is 2.68. The van der Waals surface area contributed by atoms with Crippen molar-refractivity contribution in [2.75, 3.05) is 19.7 Å². The zero-order valence-electron chi connectivity index (χ0n) is 11.7. The second-order valence-electron chi connectivity index (χ2n) is 4.92. The van der Waals surface area contributed by atoms with Crippen LogP contribution >= 0.6 is 11.3 Å². The molecule has 0 spiro atoms. The quantitative estimate of drug-likeness (QED) is 0.831. The largest absolute Gasteiger partial charge is 0.493 e. The summed E-state index contributed by atoms with van der Waals surface area (Å²) >= 11 is 1.69. The number of aromatic nitrogens is 2. The minimum atomic E-state index is 0.795. The second-order valence-corrected chi connectivity index (χ2v) is 5.98. The van der Waals surface area contributed by atoms with Crippen molar-refractivity contribution in [2.45, 2.75) is 26.2 Å². The summed E-state index contributed by atoms with van der Waals surface area (Å²) in [6, 6.07) is 6.30. The first-order valence-corrected chi connectivity index (χ1v) is 7.97. The fourth-order valence-corrected chi connectivity index (χ4v) is 3.12. The number of nitrogens with zero attached hydrogens (tertiary/aromatic N) is 2. The van der Waals surface area contributed by atoms with E-state index in [0.717, 1.165) is 53.9 Å². The molecule has 4 nitrogen and oxygen atoms in total. The van der Waals surface area contributed by atoms with Crippen molar-refractivity contribution < 1.29 is 4.74 Å². The van der Waals surface area contributed by atoms with Crippen LogP contribution in [0, 0.1) is 0 Å². The summed E-state index contributed by atoms with van der Waals surface area (Å²) < 4.78 is 5.53. The van der Waals surface area contributed by atoms with Gasteiger partial charge in [0, 0.05) is 24.9 Å². The van der Waals surface area contributed by atoms with E-state index >= 15 is 0 Å². The van der Waals surface area contributed by atoms with E-state index in [2.05, 4.69) is 34.6 Å². The molecule has 1 aliphatic rings. The maximum atomic E-state index is 5.53. The SMILES string of the molecule is CCCNCCc1nnc(-c2ccc3c(c2)CCO3)s1. The van der Waals surface area contributed by atoms with Crippen LogP contribution in [0.3, 0.4) is 0 Å². The van der Waals surface area contributed by atoms with Gasteiger partial charge in [0.2, 0.25) is 0 Å². The Morgan fingerprint density at radius 1 is 1.30 bits per heavy atom. The van der Waals surface area contributed by atoms with E-state index in [1.165, 1.54) is 12.0 Å². The Bertz CT molecular complexity index is 582. The van der Waals surface area contributed by atoms with Crippen LogP contribution in [0.2, 0.25) is 0 Å². The molecule has 2 heterocycles. The van der Waals surface area contributed by atoms with Crippen LogP contribution in [-0.4, -0.2) is 29.9 Å². The zero-order valence-corrected chi connectivity index (χ0v) is 12.5. The van der Waals surface area contributed by atoms with Gasteiger partial charge in [-0.25, -0.2) is 0 Å². The van der Waals surface area contributed by atoms with E-state index in [1.807, 2.05) is 6.07 Å². The van der Waals surface area contributed by atoms with Crippen molar-refractivity contribution in [3.8, 4) is 16.3 Å². The molecule has 0 unspecified atom stereocenters. The van der Waals surface area contributed by atoms with Gasteiger partial charge < -0.3 is 10.1 Å². The molecule has 0 bridgehead atoms. The first-order chi connectivity index (χ1) is 9.86. The third-order valence-corrected chi connectivity index (χ3v) is 4.38. The molecule has 20 heavy (non-hydrogen) atoms. The van der Waals surface area contributed by atoms with Crippen molar-refractivity contribution in [3.05, 3.63) is 28.8 Å². The fraction of sp³-hybridized carbons (Fsp3) is 0.467. The van der Waals surface area contributed by atoms with Crippen LogP contribution in [0.25, 0.3) is 10.6 Å². The van der Waals surface area contributed by atoms with Crippen molar-refractivity contribution >= 4 is 11.3 Å². The van der Waals surface area contributed by atoms with Crippen molar-refractivity contribution in [1.29, 1.82) is 0 Å². The number of nitrogens with one attached hydrogen (secondary N) is 1. The second kappa shape index (κ2) is 6.33. The first kappa shape index (κ1) is 13.5. The highest BCUT2D eigenvalue weighted by Gasteiger charge is 2.14.